The fourth-order valence-electron chi connectivity index (χ4n) is 1.86. The topological polar surface area (TPSA) is 18.5 Å². The molecule has 0 unspecified atom stereocenters. The second-order valence-corrected chi connectivity index (χ2v) is 4.17. The summed E-state index contributed by atoms with van der Waals surface area (Å²) in [6, 6.07) is 10.1. The van der Waals surface area contributed by atoms with E-state index in [0.29, 0.717) is 0 Å². The van der Waals surface area contributed by atoms with Crippen molar-refractivity contribution in [3.05, 3.63) is 48.6 Å². The van der Waals surface area contributed by atoms with Crippen LogP contribution in [-0.2, 0) is 9.47 Å². The molecule has 0 spiro atoms. The zero-order chi connectivity index (χ0) is 10.9. The first kappa shape index (κ1) is 10.4. The van der Waals surface area contributed by atoms with Gasteiger partial charge in [0.05, 0.1) is 0 Å². The Hall–Kier alpha value is -1.12. The highest BCUT2D eigenvalue weighted by atomic mass is 16.7. The Balaban J connectivity index is 2.26. The molecular weight excluding hydrogens is 188 g/mol. The maximum atomic E-state index is 5.84. The Bertz CT molecular complexity index is 343. The van der Waals surface area contributed by atoms with Crippen molar-refractivity contribution in [2.24, 2.45) is 0 Å². The van der Waals surface area contributed by atoms with Gasteiger partial charge in [-0.1, -0.05) is 36.4 Å². The lowest BCUT2D eigenvalue weighted by Gasteiger charge is -2.16. The number of rotatable bonds is 2. The van der Waals surface area contributed by atoms with Gasteiger partial charge >= 0.3 is 0 Å². The van der Waals surface area contributed by atoms with Crippen LogP contribution in [0.25, 0.3) is 0 Å². The smallest absolute Gasteiger partial charge is 0.164 e. The summed E-state index contributed by atoms with van der Waals surface area (Å²) in [6.07, 6.45) is 1.69. The van der Waals surface area contributed by atoms with E-state index in [4.69, 9.17) is 9.47 Å². The van der Waals surface area contributed by atoms with Crippen molar-refractivity contribution in [1.29, 1.82) is 0 Å². The molecule has 2 rings (SSSR count). The predicted octanol–water partition coefficient (Wildman–Crippen LogP) is 3.07. The SMILES string of the molecule is C=C[C@H]1OC(C)(C)O[C@H]1c1ccccc1. The van der Waals surface area contributed by atoms with Crippen molar-refractivity contribution >= 4 is 0 Å². The molecule has 1 fully saturated rings. The lowest BCUT2D eigenvalue weighted by molar-refractivity contribution is -0.143. The maximum Gasteiger partial charge on any atom is 0.164 e. The Labute approximate surface area is 90.5 Å². The molecule has 0 amide bonds. The van der Waals surface area contributed by atoms with E-state index in [1.54, 1.807) is 6.08 Å². The molecule has 1 saturated heterocycles. The van der Waals surface area contributed by atoms with Gasteiger partial charge in [-0.05, 0) is 19.4 Å². The Morgan fingerprint density at radius 1 is 1.20 bits per heavy atom. The van der Waals surface area contributed by atoms with E-state index < -0.39 is 5.79 Å². The minimum absolute atomic E-state index is 0.0429. The minimum atomic E-state index is -0.528. The van der Waals surface area contributed by atoms with E-state index >= 15 is 0 Å². The molecule has 0 aromatic heterocycles. The lowest BCUT2D eigenvalue weighted by atomic mass is 10.1. The van der Waals surface area contributed by atoms with E-state index in [-0.39, 0.29) is 12.2 Å². The average Bonchev–Trinajstić information content (AvgIpc) is 2.55. The molecule has 80 valence electrons. The van der Waals surface area contributed by atoms with E-state index in [0.717, 1.165) is 5.56 Å². The normalized spacial score (nSPS) is 28.9. The van der Waals surface area contributed by atoms with Crippen LogP contribution in [0.5, 0.6) is 0 Å². The van der Waals surface area contributed by atoms with E-state index in [2.05, 4.69) is 6.58 Å². The van der Waals surface area contributed by atoms with Crippen LogP contribution in [0, 0.1) is 0 Å². The predicted molar refractivity (Wildman–Crippen MR) is 59.4 cm³/mol. The fourth-order valence-corrected chi connectivity index (χ4v) is 1.86. The van der Waals surface area contributed by atoms with Gasteiger partial charge in [0.2, 0.25) is 0 Å². The van der Waals surface area contributed by atoms with Gasteiger partial charge in [0, 0.05) is 0 Å². The van der Waals surface area contributed by atoms with Gasteiger partial charge in [0.25, 0.3) is 0 Å². The van der Waals surface area contributed by atoms with Gasteiger partial charge < -0.3 is 9.47 Å². The van der Waals surface area contributed by atoms with Gasteiger partial charge in [-0.15, -0.1) is 6.58 Å². The first-order chi connectivity index (χ1) is 7.12. The highest BCUT2D eigenvalue weighted by molar-refractivity contribution is 5.21. The standard InChI is InChI=1S/C13H16O2/c1-4-11-12(15-13(2,3)14-11)10-8-6-5-7-9-10/h4-9,11-12H,1H2,2-3H3/t11-,12+/m1/s1. The summed E-state index contributed by atoms with van der Waals surface area (Å²) in [5, 5.41) is 0. The molecular formula is C13H16O2. The molecule has 2 heteroatoms. The van der Waals surface area contributed by atoms with Crippen LogP contribution in [0.15, 0.2) is 43.0 Å². The molecule has 2 atom stereocenters. The molecule has 1 aromatic rings. The van der Waals surface area contributed by atoms with E-state index in [1.807, 2.05) is 44.2 Å². The summed E-state index contributed by atoms with van der Waals surface area (Å²) in [4.78, 5) is 0. The third-order valence-corrected chi connectivity index (χ3v) is 2.49. The Morgan fingerprint density at radius 2 is 1.87 bits per heavy atom. The summed E-state index contributed by atoms with van der Waals surface area (Å²) in [5.41, 5.74) is 1.13. The van der Waals surface area contributed by atoms with Crippen molar-refractivity contribution in [3.63, 3.8) is 0 Å². The lowest BCUT2D eigenvalue weighted by Crippen LogP contribution is -2.20. The molecule has 15 heavy (non-hydrogen) atoms. The van der Waals surface area contributed by atoms with E-state index in [9.17, 15) is 0 Å². The van der Waals surface area contributed by atoms with Gasteiger partial charge in [-0.25, -0.2) is 0 Å². The second kappa shape index (κ2) is 3.80. The molecule has 0 bridgehead atoms. The van der Waals surface area contributed by atoms with Crippen LogP contribution in [0.4, 0.5) is 0 Å². The summed E-state index contributed by atoms with van der Waals surface area (Å²) in [5.74, 6) is -0.528. The number of ether oxygens (including phenoxy) is 2. The van der Waals surface area contributed by atoms with Crippen molar-refractivity contribution in [1.82, 2.24) is 0 Å². The summed E-state index contributed by atoms with van der Waals surface area (Å²) >= 11 is 0. The number of benzene rings is 1. The zero-order valence-corrected chi connectivity index (χ0v) is 9.14. The van der Waals surface area contributed by atoms with Crippen molar-refractivity contribution in [2.45, 2.75) is 31.8 Å². The average molecular weight is 204 g/mol. The van der Waals surface area contributed by atoms with Crippen LogP contribution in [0.3, 0.4) is 0 Å². The molecule has 1 aliphatic rings. The fraction of sp³-hybridized carbons (Fsp3) is 0.385. The molecule has 0 radical (unpaired) electrons. The van der Waals surface area contributed by atoms with Crippen LogP contribution < -0.4 is 0 Å². The van der Waals surface area contributed by atoms with Crippen molar-refractivity contribution in [2.75, 3.05) is 0 Å². The van der Waals surface area contributed by atoms with Crippen LogP contribution in [-0.4, -0.2) is 11.9 Å². The molecule has 0 N–H and O–H groups in total. The summed E-state index contributed by atoms with van der Waals surface area (Å²) in [7, 11) is 0. The highest BCUT2D eigenvalue weighted by Gasteiger charge is 2.40. The molecule has 2 nitrogen and oxygen atoms in total. The molecule has 0 aliphatic carbocycles. The van der Waals surface area contributed by atoms with Gasteiger partial charge in [-0.3, -0.25) is 0 Å². The van der Waals surface area contributed by atoms with Crippen molar-refractivity contribution in [3.8, 4) is 0 Å². The maximum absolute atomic E-state index is 5.84. The van der Waals surface area contributed by atoms with Gasteiger partial charge in [0.1, 0.15) is 12.2 Å². The zero-order valence-electron chi connectivity index (χ0n) is 9.14. The first-order valence-electron chi connectivity index (χ1n) is 5.15. The summed E-state index contributed by atoms with van der Waals surface area (Å²) in [6.45, 7) is 7.63. The van der Waals surface area contributed by atoms with Crippen LogP contribution >= 0.6 is 0 Å². The Kier molecular flexibility index (Phi) is 2.63. The van der Waals surface area contributed by atoms with Crippen LogP contribution in [0.2, 0.25) is 0 Å². The molecule has 1 aromatic carbocycles. The largest absolute Gasteiger partial charge is 0.340 e. The third kappa shape index (κ3) is 2.11. The Morgan fingerprint density at radius 3 is 2.47 bits per heavy atom. The molecule has 1 heterocycles. The quantitative estimate of drug-likeness (QED) is 0.689. The first-order valence-corrected chi connectivity index (χ1v) is 5.15. The van der Waals surface area contributed by atoms with Crippen LogP contribution in [0.1, 0.15) is 25.5 Å². The molecule has 0 saturated carbocycles. The third-order valence-electron chi connectivity index (χ3n) is 2.49. The van der Waals surface area contributed by atoms with Gasteiger partial charge in [0.15, 0.2) is 5.79 Å². The van der Waals surface area contributed by atoms with Gasteiger partial charge in [-0.2, -0.15) is 0 Å². The number of hydrogen-bond acceptors (Lipinski definition) is 2. The number of hydrogen-bond donors (Lipinski definition) is 0. The van der Waals surface area contributed by atoms with Crippen molar-refractivity contribution < 1.29 is 9.47 Å². The minimum Gasteiger partial charge on any atom is -0.340 e. The summed E-state index contributed by atoms with van der Waals surface area (Å²) < 4.78 is 11.6. The van der Waals surface area contributed by atoms with E-state index in [1.165, 1.54) is 0 Å². The molecule has 1 aliphatic heterocycles. The second-order valence-electron chi connectivity index (χ2n) is 4.17. The highest BCUT2D eigenvalue weighted by Crippen LogP contribution is 2.38. The monoisotopic (exact) mass is 204 g/mol.